The fourth-order valence-corrected chi connectivity index (χ4v) is 4.68. The standard InChI is InChI=1S/C28H27ClN6O/c1-2-3-4-9-22-19-35(26-13-8-7-12-25(26)29)28(36)34(22)18-20-14-16-21(17-15-20)23-10-5-6-11-24(23)27-30-32-33-31-27/h5-8,10-17,19H,2-4,9,18H2,1H3,(H,30,31,32,33). The number of benzene rings is 3. The Morgan fingerprint density at radius 1 is 0.917 bits per heavy atom. The Bertz CT molecular complexity index is 1500. The summed E-state index contributed by atoms with van der Waals surface area (Å²) in [5.41, 5.74) is 5.70. The maximum atomic E-state index is 13.5. The highest BCUT2D eigenvalue weighted by Crippen LogP contribution is 2.30. The molecule has 0 saturated heterocycles. The van der Waals surface area contributed by atoms with Crippen LogP contribution in [0.4, 0.5) is 0 Å². The van der Waals surface area contributed by atoms with Crippen LogP contribution in [0.2, 0.25) is 5.02 Å². The molecule has 3 aromatic carbocycles. The first-order chi connectivity index (χ1) is 17.7. The second kappa shape index (κ2) is 10.7. The van der Waals surface area contributed by atoms with Gasteiger partial charge in [-0.1, -0.05) is 92.0 Å². The highest BCUT2D eigenvalue weighted by molar-refractivity contribution is 6.32. The predicted molar refractivity (Wildman–Crippen MR) is 142 cm³/mol. The Kier molecular flexibility index (Phi) is 7.09. The van der Waals surface area contributed by atoms with Crippen LogP contribution in [0, 0.1) is 0 Å². The number of halogens is 1. The number of tetrazole rings is 1. The third-order valence-corrected chi connectivity index (χ3v) is 6.66. The van der Waals surface area contributed by atoms with Gasteiger partial charge in [-0.3, -0.25) is 9.13 Å². The summed E-state index contributed by atoms with van der Waals surface area (Å²) in [6.07, 6.45) is 6.07. The maximum absolute atomic E-state index is 13.5. The third kappa shape index (κ3) is 4.88. The van der Waals surface area contributed by atoms with Gasteiger partial charge in [-0.2, -0.15) is 0 Å². The van der Waals surface area contributed by atoms with E-state index in [1.165, 1.54) is 0 Å². The topological polar surface area (TPSA) is 81.4 Å². The highest BCUT2D eigenvalue weighted by Gasteiger charge is 2.15. The Balaban J connectivity index is 1.46. The minimum atomic E-state index is -0.0816. The van der Waals surface area contributed by atoms with Crippen molar-refractivity contribution in [2.24, 2.45) is 0 Å². The SMILES string of the molecule is CCCCCc1cn(-c2ccccc2Cl)c(=O)n1Cc1ccc(-c2ccccc2-c2nnn[nH]2)cc1. The lowest BCUT2D eigenvalue weighted by atomic mass is 9.98. The van der Waals surface area contributed by atoms with E-state index < -0.39 is 0 Å². The molecule has 5 rings (SSSR count). The van der Waals surface area contributed by atoms with Gasteiger partial charge >= 0.3 is 5.69 Å². The molecule has 0 aliphatic heterocycles. The summed E-state index contributed by atoms with van der Waals surface area (Å²) in [6.45, 7) is 2.67. The number of imidazole rings is 1. The molecule has 0 aliphatic rings. The van der Waals surface area contributed by atoms with Gasteiger partial charge < -0.3 is 0 Å². The number of rotatable bonds is 9. The van der Waals surface area contributed by atoms with Crippen molar-refractivity contribution in [2.45, 2.75) is 39.2 Å². The van der Waals surface area contributed by atoms with Gasteiger partial charge in [0.05, 0.1) is 17.3 Å². The number of hydrogen-bond acceptors (Lipinski definition) is 4. The molecule has 0 spiro atoms. The normalized spacial score (nSPS) is 11.2. The summed E-state index contributed by atoms with van der Waals surface area (Å²) in [4.78, 5) is 13.5. The molecule has 0 radical (unpaired) electrons. The average molecular weight is 499 g/mol. The van der Waals surface area contributed by atoms with Crippen molar-refractivity contribution in [2.75, 3.05) is 0 Å². The minimum absolute atomic E-state index is 0.0816. The Morgan fingerprint density at radius 3 is 2.39 bits per heavy atom. The number of aryl methyl sites for hydroxylation is 1. The summed E-state index contributed by atoms with van der Waals surface area (Å²) in [5, 5.41) is 14.9. The van der Waals surface area contributed by atoms with E-state index in [0.29, 0.717) is 23.1 Å². The molecule has 8 heteroatoms. The van der Waals surface area contributed by atoms with E-state index in [1.807, 2.05) is 59.3 Å². The van der Waals surface area contributed by atoms with Crippen molar-refractivity contribution in [3.05, 3.63) is 106 Å². The zero-order valence-electron chi connectivity index (χ0n) is 20.1. The first-order valence-electron chi connectivity index (χ1n) is 12.1. The van der Waals surface area contributed by atoms with Crippen LogP contribution in [-0.4, -0.2) is 29.8 Å². The van der Waals surface area contributed by atoms with Gasteiger partial charge in [0.25, 0.3) is 0 Å². The van der Waals surface area contributed by atoms with Crippen LogP contribution in [0.5, 0.6) is 0 Å². The zero-order chi connectivity index (χ0) is 24.9. The van der Waals surface area contributed by atoms with Gasteiger partial charge in [0.15, 0.2) is 5.82 Å². The lowest BCUT2D eigenvalue weighted by Gasteiger charge is -2.10. The summed E-state index contributed by atoms with van der Waals surface area (Å²) >= 11 is 6.42. The smallest absolute Gasteiger partial charge is 0.292 e. The molecule has 0 aliphatic carbocycles. The van der Waals surface area contributed by atoms with Crippen LogP contribution >= 0.6 is 11.6 Å². The van der Waals surface area contributed by atoms with E-state index in [2.05, 4.69) is 51.8 Å². The van der Waals surface area contributed by atoms with Crippen molar-refractivity contribution >= 4 is 11.6 Å². The van der Waals surface area contributed by atoms with E-state index >= 15 is 0 Å². The van der Waals surface area contributed by atoms with E-state index in [1.54, 1.807) is 4.57 Å². The molecule has 0 bridgehead atoms. The molecule has 0 fully saturated rings. The Hall–Kier alpha value is -3.97. The Labute approximate surface area is 214 Å². The number of aromatic nitrogens is 6. The number of aromatic amines is 1. The van der Waals surface area contributed by atoms with Gasteiger partial charge in [0.1, 0.15) is 0 Å². The summed E-state index contributed by atoms with van der Waals surface area (Å²) in [5.74, 6) is 0.624. The van der Waals surface area contributed by atoms with Crippen molar-refractivity contribution in [3.8, 4) is 28.2 Å². The average Bonchev–Trinajstić information content (AvgIpc) is 3.55. The molecule has 2 aromatic heterocycles. The fraction of sp³-hybridized carbons (Fsp3) is 0.214. The number of para-hydroxylation sites is 1. The molecule has 7 nitrogen and oxygen atoms in total. The van der Waals surface area contributed by atoms with E-state index in [-0.39, 0.29) is 5.69 Å². The maximum Gasteiger partial charge on any atom is 0.333 e. The lowest BCUT2D eigenvalue weighted by molar-refractivity contribution is 0.653. The van der Waals surface area contributed by atoms with Crippen LogP contribution in [0.1, 0.15) is 37.4 Å². The van der Waals surface area contributed by atoms with Crippen LogP contribution in [0.25, 0.3) is 28.2 Å². The first-order valence-corrected chi connectivity index (χ1v) is 12.5. The number of nitrogens with zero attached hydrogens (tertiary/aromatic N) is 5. The summed E-state index contributed by atoms with van der Waals surface area (Å²) in [6, 6.07) is 23.7. The van der Waals surface area contributed by atoms with Crippen LogP contribution < -0.4 is 5.69 Å². The second-order valence-electron chi connectivity index (χ2n) is 8.76. The van der Waals surface area contributed by atoms with Gasteiger partial charge in [-0.25, -0.2) is 9.89 Å². The predicted octanol–water partition coefficient (Wildman–Crippen LogP) is 5.92. The van der Waals surface area contributed by atoms with Crippen LogP contribution in [0.15, 0.2) is 83.8 Å². The monoisotopic (exact) mass is 498 g/mol. The van der Waals surface area contributed by atoms with Gasteiger partial charge in [-0.15, -0.1) is 5.10 Å². The zero-order valence-corrected chi connectivity index (χ0v) is 20.8. The van der Waals surface area contributed by atoms with Crippen molar-refractivity contribution in [1.29, 1.82) is 0 Å². The van der Waals surface area contributed by atoms with Crippen LogP contribution in [-0.2, 0) is 13.0 Å². The number of nitrogens with one attached hydrogen (secondary N) is 1. The number of unbranched alkanes of at least 4 members (excludes halogenated alkanes) is 2. The molecule has 36 heavy (non-hydrogen) atoms. The molecule has 1 N–H and O–H groups in total. The lowest BCUT2D eigenvalue weighted by Crippen LogP contribution is -2.25. The molecular formula is C28H27ClN6O. The quantitative estimate of drug-likeness (QED) is 0.256. The molecule has 0 saturated carbocycles. The highest BCUT2D eigenvalue weighted by atomic mass is 35.5. The number of H-pyrrole nitrogens is 1. The largest absolute Gasteiger partial charge is 0.333 e. The van der Waals surface area contributed by atoms with E-state index in [9.17, 15) is 4.79 Å². The van der Waals surface area contributed by atoms with Gasteiger partial charge in [0.2, 0.25) is 0 Å². The second-order valence-corrected chi connectivity index (χ2v) is 9.17. The fourth-order valence-electron chi connectivity index (χ4n) is 4.46. The summed E-state index contributed by atoms with van der Waals surface area (Å²) < 4.78 is 3.53. The molecule has 2 heterocycles. The molecule has 5 aromatic rings. The first kappa shape index (κ1) is 23.8. The molecule has 0 atom stereocenters. The summed E-state index contributed by atoms with van der Waals surface area (Å²) in [7, 11) is 0. The molecule has 0 amide bonds. The van der Waals surface area contributed by atoms with Gasteiger partial charge in [0, 0.05) is 17.5 Å². The van der Waals surface area contributed by atoms with Crippen molar-refractivity contribution in [1.82, 2.24) is 29.8 Å². The Morgan fingerprint density at radius 2 is 1.67 bits per heavy atom. The van der Waals surface area contributed by atoms with Crippen LogP contribution in [0.3, 0.4) is 0 Å². The minimum Gasteiger partial charge on any atom is -0.292 e. The number of hydrogen-bond donors (Lipinski definition) is 1. The third-order valence-electron chi connectivity index (χ3n) is 6.34. The molecule has 182 valence electrons. The van der Waals surface area contributed by atoms with Crippen molar-refractivity contribution < 1.29 is 0 Å². The van der Waals surface area contributed by atoms with Crippen molar-refractivity contribution in [3.63, 3.8) is 0 Å². The molecular weight excluding hydrogens is 472 g/mol. The molecule has 0 unspecified atom stereocenters. The van der Waals surface area contributed by atoms with Gasteiger partial charge in [-0.05, 0) is 52.1 Å². The van der Waals surface area contributed by atoms with E-state index in [0.717, 1.165) is 53.6 Å². The van der Waals surface area contributed by atoms with E-state index in [4.69, 9.17) is 11.6 Å².